The van der Waals surface area contributed by atoms with Gasteiger partial charge in [-0.15, -0.1) is 6.42 Å². The second-order valence-electron chi connectivity index (χ2n) is 4.10. The summed E-state index contributed by atoms with van der Waals surface area (Å²) < 4.78 is 22.7. The number of rotatable bonds is 4. The quantitative estimate of drug-likeness (QED) is 0.826. The molecule has 1 aromatic rings. The third kappa shape index (κ3) is 3.81. The van der Waals surface area contributed by atoms with E-state index in [1.165, 1.54) is 17.0 Å². The molecule has 0 atom stereocenters. The number of terminal acetylenes is 1. The van der Waals surface area contributed by atoms with E-state index in [2.05, 4.69) is 5.92 Å². The molecule has 19 heavy (non-hydrogen) atoms. The molecule has 6 heteroatoms. The Labute approximate surface area is 113 Å². The second-order valence-corrected chi connectivity index (χ2v) is 5.66. The molecule has 0 aromatic heterocycles. The lowest BCUT2D eigenvalue weighted by molar-refractivity contribution is 0.0784. The van der Waals surface area contributed by atoms with Crippen LogP contribution in [-0.2, 0) is 10.0 Å². The molecule has 1 amide bonds. The molecule has 0 aliphatic carbocycles. The Balaban J connectivity index is 3.25. The SMILES string of the molecule is C#CCN(CC)C(=O)c1cc(C)cc(S(N)(=O)=O)c1. The van der Waals surface area contributed by atoms with Gasteiger partial charge in [0.05, 0.1) is 11.4 Å². The molecule has 0 radical (unpaired) electrons. The van der Waals surface area contributed by atoms with Crippen molar-refractivity contribution in [3.05, 3.63) is 29.3 Å². The summed E-state index contributed by atoms with van der Waals surface area (Å²) in [6.45, 7) is 4.12. The van der Waals surface area contributed by atoms with Crippen molar-refractivity contribution < 1.29 is 13.2 Å². The topological polar surface area (TPSA) is 80.5 Å². The maximum Gasteiger partial charge on any atom is 0.254 e. The molecular formula is C13H16N2O3S. The number of sulfonamides is 1. The average molecular weight is 280 g/mol. The van der Waals surface area contributed by atoms with Gasteiger partial charge in [-0.25, -0.2) is 13.6 Å². The molecule has 0 aliphatic heterocycles. The van der Waals surface area contributed by atoms with Crippen LogP contribution in [0.5, 0.6) is 0 Å². The third-order valence-electron chi connectivity index (χ3n) is 2.58. The summed E-state index contributed by atoms with van der Waals surface area (Å²) in [6.07, 6.45) is 5.19. The van der Waals surface area contributed by atoms with Crippen LogP contribution in [-0.4, -0.2) is 32.3 Å². The number of carbonyl (C=O) groups is 1. The van der Waals surface area contributed by atoms with Gasteiger partial charge in [0.15, 0.2) is 0 Å². The fraction of sp³-hybridized carbons (Fsp3) is 0.308. The summed E-state index contributed by atoms with van der Waals surface area (Å²) >= 11 is 0. The van der Waals surface area contributed by atoms with Crippen molar-refractivity contribution >= 4 is 15.9 Å². The van der Waals surface area contributed by atoms with Gasteiger partial charge in [0.2, 0.25) is 10.0 Å². The fourth-order valence-electron chi connectivity index (χ4n) is 1.66. The van der Waals surface area contributed by atoms with Crippen LogP contribution in [0.2, 0.25) is 0 Å². The Morgan fingerprint density at radius 1 is 1.42 bits per heavy atom. The summed E-state index contributed by atoms with van der Waals surface area (Å²) in [4.78, 5) is 13.6. The van der Waals surface area contributed by atoms with Crippen molar-refractivity contribution in [2.75, 3.05) is 13.1 Å². The maximum atomic E-state index is 12.2. The van der Waals surface area contributed by atoms with Crippen LogP contribution in [0.1, 0.15) is 22.8 Å². The number of hydrogen-bond acceptors (Lipinski definition) is 3. The first-order chi connectivity index (χ1) is 8.79. The molecule has 5 nitrogen and oxygen atoms in total. The van der Waals surface area contributed by atoms with Crippen LogP contribution >= 0.6 is 0 Å². The second kappa shape index (κ2) is 5.87. The first kappa shape index (κ1) is 15.2. The van der Waals surface area contributed by atoms with Crippen LogP contribution in [0.3, 0.4) is 0 Å². The monoisotopic (exact) mass is 280 g/mol. The summed E-state index contributed by atoms with van der Waals surface area (Å²) in [7, 11) is -3.84. The molecule has 0 heterocycles. The van der Waals surface area contributed by atoms with Gasteiger partial charge in [0, 0.05) is 12.1 Å². The highest BCUT2D eigenvalue weighted by Crippen LogP contribution is 2.15. The van der Waals surface area contributed by atoms with Crippen LogP contribution in [0, 0.1) is 19.3 Å². The van der Waals surface area contributed by atoms with Crippen LogP contribution < -0.4 is 5.14 Å². The van der Waals surface area contributed by atoms with E-state index in [1.54, 1.807) is 19.9 Å². The lowest BCUT2D eigenvalue weighted by Crippen LogP contribution is -2.31. The zero-order valence-corrected chi connectivity index (χ0v) is 11.7. The van der Waals surface area contributed by atoms with E-state index in [0.29, 0.717) is 12.1 Å². The van der Waals surface area contributed by atoms with Crippen molar-refractivity contribution in [3.63, 3.8) is 0 Å². The standard InChI is InChI=1S/C13H16N2O3S/c1-4-6-15(5-2)13(16)11-7-10(3)8-12(9-11)19(14,17)18/h1,7-9H,5-6H2,2-3H3,(H2,14,17,18). The zero-order chi connectivity index (χ0) is 14.6. The van der Waals surface area contributed by atoms with Crippen molar-refractivity contribution in [3.8, 4) is 12.3 Å². The van der Waals surface area contributed by atoms with Crippen molar-refractivity contribution in [2.45, 2.75) is 18.7 Å². The molecule has 1 rings (SSSR count). The van der Waals surface area contributed by atoms with Gasteiger partial charge in [-0.05, 0) is 37.6 Å². The molecule has 0 aliphatic rings. The van der Waals surface area contributed by atoms with Gasteiger partial charge in [0.1, 0.15) is 0 Å². The largest absolute Gasteiger partial charge is 0.328 e. The molecule has 0 bridgehead atoms. The van der Waals surface area contributed by atoms with Crippen LogP contribution in [0.15, 0.2) is 23.1 Å². The number of nitrogens with zero attached hydrogens (tertiary/aromatic N) is 1. The van der Waals surface area contributed by atoms with Crippen molar-refractivity contribution in [1.82, 2.24) is 4.90 Å². The van der Waals surface area contributed by atoms with Gasteiger partial charge in [-0.2, -0.15) is 0 Å². The summed E-state index contributed by atoms with van der Waals surface area (Å²) in [5.41, 5.74) is 0.910. The van der Waals surface area contributed by atoms with Crippen LogP contribution in [0.4, 0.5) is 0 Å². The number of nitrogens with two attached hydrogens (primary N) is 1. The Bertz CT molecular complexity index is 630. The number of amides is 1. The van der Waals surface area contributed by atoms with Crippen LogP contribution in [0.25, 0.3) is 0 Å². The van der Waals surface area contributed by atoms with Gasteiger partial charge in [-0.3, -0.25) is 4.79 Å². The molecule has 0 unspecified atom stereocenters. The Hall–Kier alpha value is -1.84. The van der Waals surface area contributed by atoms with E-state index in [1.807, 2.05) is 0 Å². The van der Waals surface area contributed by atoms with E-state index >= 15 is 0 Å². The predicted molar refractivity (Wildman–Crippen MR) is 73.0 cm³/mol. The normalized spacial score (nSPS) is 10.8. The minimum atomic E-state index is -3.84. The highest BCUT2D eigenvalue weighted by atomic mass is 32.2. The predicted octanol–water partition coefficient (Wildman–Crippen LogP) is 0.738. The number of aryl methyl sites for hydroxylation is 1. The minimum Gasteiger partial charge on any atom is -0.328 e. The average Bonchev–Trinajstić information content (AvgIpc) is 2.33. The molecule has 0 saturated carbocycles. The van der Waals surface area contributed by atoms with Gasteiger partial charge in [-0.1, -0.05) is 5.92 Å². The van der Waals surface area contributed by atoms with Crippen molar-refractivity contribution in [2.24, 2.45) is 5.14 Å². The highest BCUT2D eigenvalue weighted by molar-refractivity contribution is 7.89. The lowest BCUT2D eigenvalue weighted by Gasteiger charge is -2.18. The number of carbonyl (C=O) groups excluding carboxylic acids is 1. The van der Waals surface area contributed by atoms with Crippen molar-refractivity contribution in [1.29, 1.82) is 0 Å². The number of primary sulfonamides is 1. The molecule has 2 N–H and O–H groups in total. The van der Waals surface area contributed by atoms with E-state index < -0.39 is 10.0 Å². The molecule has 0 saturated heterocycles. The van der Waals surface area contributed by atoms with E-state index in [0.717, 1.165) is 0 Å². The number of hydrogen-bond donors (Lipinski definition) is 1. The van der Waals surface area contributed by atoms with E-state index in [4.69, 9.17) is 11.6 Å². The first-order valence-electron chi connectivity index (χ1n) is 5.66. The van der Waals surface area contributed by atoms with Gasteiger partial charge in [0.25, 0.3) is 5.91 Å². The lowest BCUT2D eigenvalue weighted by atomic mass is 10.1. The molecule has 0 spiro atoms. The first-order valence-corrected chi connectivity index (χ1v) is 7.21. The number of benzene rings is 1. The molecule has 0 fully saturated rings. The third-order valence-corrected chi connectivity index (χ3v) is 3.47. The minimum absolute atomic E-state index is 0.0763. The van der Waals surface area contributed by atoms with Gasteiger partial charge < -0.3 is 4.90 Å². The Morgan fingerprint density at radius 3 is 2.53 bits per heavy atom. The van der Waals surface area contributed by atoms with E-state index in [-0.39, 0.29) is 22.9 Å². The highest BCUT2D eigenvalue weighted by Gasteiger charge is 2.17. The molecule has 1 aromatic carbocycles. The fourth-order valence-corrected chi connectivity index (χ4v) is 2.30. The molecular weight excluding hydrogens is 264 g/mol. The van der Waals surface area contributed by atoms with E-state index in [9.17, 15) is 13.2 Å². The maximum absolute atomic E-state index is 12.2. The summed E-state index contributed by atoms with van der Waals surface area (Å²) in [5, 5.41) is 5.08. The zero-order valence-electron chi connectivity index (χ0n) is 10.9. The summed E-state index contributed by atoms with van der Waals surface area (Å²) in [6, 6.07) is 4.30. The van der Waals surface area contributed by atoms with Gasteiger partial charge >= 0.3 is 0 Å². The Morgan fingerprint density at radius 2 is 2.05 bits per heavy atom. The smallest absolute Gasteiger partial charge is 0.254 e. The Kier molecular flexibility index (Phi) is 4.70. The summed E-state index contributed by atoms with van der Waals surface area (Å²) in [5.74, 6) is 2.08. The molecule has 102 valence electrons.